The normalized spacial score (nSPS) is 20.7. The summed E-state index contributed by atoms with van der Waals surface area (Å²) >= 11 is 0. The Hall–Kier alpha value is -3.07. The first kappa shape index (κ1) is 15.3. The summed E-state index contributed by atoms with van der Waals surface area (Å²) in [6.45, 7) is 3.18. The van der Waals surface area contributed by atoms with Crippen LogP contribution in [-0.4, -0.2) is 22.2 Å². The van der Waals surface area contributed by atoms with Gasteiger partial charge in [-0.05, 0) is 37.6 Å². The molecule has 1 aliphatic heterocycles. The van der Waals surface area contributed by atoms with Gasteiger partial charge in [-0.2, -0.15) is 5.26 Å². The van der Waals surface area contributed by atoms with Gasteiger partial charge < -0.3 is 15.5 Å². The highest BCUT2D eigenvalue weighted by atomic mass is 16.4. The summed E-state index contributed by atoms with van der Waals surface area (Å²) in [5.74, 6) is -2.63. The first-order valence-electron chi connectivity index (χ1n) is 6.48. The number of hydrogen-bond acceptors (Lipinski definition) is 4. The fraction of sp³-hybridized carbons (Fsp3) is 0.188. The molecule has 3 N–H and O–H groups in total. The predicted octanol–water partition coefficient (Wildman–Crippen LogP) is 1.75. The summed E-state index contributed by atoms with van der Waals surface area (Å²) in [5, 5.41) is 31.2. The van der Waals surface area contributed by atoms with Crippen molar-refractivity contribution in [2.45, 2.75) is 19.3 Å². The molecule has 0 bridgehead atoms. The van der Waals surface area contributed by atoms with Crippen LogP contribution in [-0.2, 0) is 15.0 Å². The first-order valence-corrected chi connectivity index (χ1v) is 6.48. The minimum absolute atomic E-state index is 0.233. The molecule has 1 atom stereocenters. The van der Waals surface area contributed by atoms with Gasteiger partial charge in [-0.1, -0.05) is 12.1 Å². The van der Waals surface area contributed by atoms with Crippen LogP contribution in [0.3, 0.4) is 0 Å². The molecule has 112 valence electrons. The van der Waals surface area contributed by atoms with E-state index in [0.29, 0.717) is 5.70 Å². The largest absolute Gasteiger partial charge is 0.480 e. The highest BCUT2D eigenvalue weighted by Crippen LogP contribution is 2.39. The molecular formula is C16H14N2O4. The Balaban J connectivity index is 2.85. The number of rotatable bonds is 3. The third-order valence-electron chi connectivity index (χ3n) is 3.59. The summed E-state index contributed by atoms with van der Waals surface area (Å²) in [7, 11) is 0. The van der Waals surface area contributed by atoms with Crippen molar-refractivity contribution < 1.29 is 19.8 Å². The maximum atomic E-state index is 12.0. The molecule has 22 heavy (non-hydrogen) atoms. The summed E-state index contributed by atoms with van der Waals surface area (Å²) in [6, 6.07) is 7.93. The minimum Gasteiger partial charge on any atom is -0.480 e. The van der Waals surface area contributed by atoms with Crippen LogP contribution in [0.4, 0.5) is 0 Å². The van der Waals surface area contributed by atoms with Crippen LogP contribution in [0.15, 0.2) is 47.3 Å². The first-order chi connectivity index (χ1) is 10.3. The van der Waals surface area contributed by atoms with E-state index in [0.717, 1.165) is 0 Å². The zero-order valence-corrected chi connectivity index (χ0v) is 12.0. The van der Waals surface area contributed by atoms with Gasteiger partial charge in [0.25, 0.3) is 0 Å². The van der Waals surface area contributed by atoms with E-state index in [1.54, 1.807) is 13.0 Å². The van der Waals surface area contributed by atoms with Crippen molar-refractivity contribution in [3.8, 4) is 6.07 Å². The van der Waals surface area contributed by atoms with Crippen molar-refractivity contribution in [1.29, 1.82) is 5.26 Å². The molecule has 0 amide bonds. The Morgan fingerprint density at radius 1 is 1.27 bits per heavy atom. The fourth-order valence-electron chi connectivity index (χ4n) is 2.77. The zero-order valence-electron chi connectivity index (χ0n) is 12.0. The van der Waals surface area contributed by atoms with E-state index in [2.05, 4.69) is 5.32 Å². The van der Waals surface area contributed by atoms with Crippen LogP contribution in [0, 0.1) is 11.3 Å². The number of carboxylic acids is 2. The van der Waals surface area contributed by atoms with Gasteiger partial charge in [0, 0.05) is 11.4 Å². The Kier molecular flexibility index (Phi) is 3.74. The summed E-state index contributed by atoms with van der Waals surface area (Å²) < 4.78 is 0. The molecule has 0 saturated heterocycles. The average Bonchev–Trinajstić information content (AvgIpc) is 2.45. The quantitative estimate of drug-likeness (QED) is 0.784. The minimum atomic E-state index is -1.84. The van der Waals surface area contributed by atoms with Crippen molar-refractivity contribution in [3.63, 3.8) is 0 Å². The second-order valence-corrected chi connectivity index (χ2v) is 5.06. The molecular weight excluding hydrogens is 284 g/mol. The second kappa shape index (κ2) is 5.37. The zero-order chi connectivity index (χ0) is 16.5. The topological polar surface area (TPSA) is 110 Å². The van der Waals surface area contributed by atoms with Crippen LogP contribution >= 0.6 is 0 Å². The summed E-state index contributed by atoms with van der Waals surface area (Å²) in [4.78, 5) is 23.7. The van der Waals surface area contributed by atoms with Gasteiger partial charge in [-0.3, -0.25) is 4.79 Å². The van der Waals surface area contributed by atoms with Crippen molar-refractivity contribution in [2.75, 3.05) is 0 Å². The second-order valence-electron chi connectivity index (χ2n) is 5.06. The molecule has 6 heteroatoms. The predicted molar refractivity (Wildman–Crippen MR) is 77.7 cm³/mol. The molecule has 1 aromatic carbocycles. The Labute approximate surface area is 127 Å². The maximum absolute atomic E-state index is 12.0. The van der Waals surface area contributed by atoms with E-state index in [9.17, 15) is 19.8 Å². The van der Waals surface area contributed by atoms with Gasteiger partial charge in [0.05, 0.1) is 17.2 Å². The van der Waals surface area contributed by atoms with Crippen LogP contribution in [0.5, 0.6) is 0 Å². The lowest BCUT2D eigenvalue weighted by Crippen LogP contribution is -2.44. The van der Waals surface area contributed by atoms with Crippen LogP contribution in [0.25, 0.3) is 0 Å². The van der Waals surface area contributed by atoms with E-state index in [-0.39, 0.29) is 22.4 Å². The third kappa shape index (κ3) is 2.23. The lowest BCUT2D eigenvalue weighted by Gasteiger charge is -2.33. The number of aliphatic carboxylic acids is 2. The van der Waals surface area contributed by atoms with Crippen molar-refractivity contribution >= 4 is 11.9 Å². The monoisotopic (exact) mass is 298 g/mol. The lowest BCUT2D eigenvalue weighted by molar-refractivity contribution is -0.144. The van der Waals surface area contributed by atoms with E-state index < -0.39 is 17.4 Å². The molecule has 6 nitrogen and oxygen atoms in total. The number of nitriles is 1. The van der Waals surface area contributed by atoms with Gasteiger partial charge in [0.1, 0.15) is 5.41 Å². The molecule has 0 radical (unpaired) electrons. The van der Waals surface area contributed by atoms with Crippen molar-refractivity contribution in [3.05, 3.63) is 58.4 Å². The third-order valence-corrected chi connectivity index (χ3v) is 3.59. The number of hydrogen-bond donors (Lipinski definition) is 3. The number of carboxylic acid groups (broad SMARTS) is 2. The molecule has 1 aliphatic rings. The van der Waals surface area contributed by atoms with Crippen LogP contribution in [0.1, 0.15) is 25.0 Å². The van der Waals surface area contributed by atoms with E-state index in [4.69, 9.17) is 5.26 Å². The van der Waals surface area contributed by atoms with Gasteiger partial charge in [-0.25, -0.2) is 4.79 Å². The average molecular weight is 298 g/mol. The molecule has 1 aromatic rings. The number of dihydropyridines is 1. The maximum Gasteiger partial charge on any atom is 0.335 e. The number of allylic oxidation sites excluding steroid dienone is 2. The number of nitrogens with one attached hydrogen (secondary N) is 1. The molecule has 0 aliphatic carbocycles. The number of benzene rings is 1. The Morgan fingerprint density at radius 3 is 2.50 bits per heavy atom. The molecule has 0 spiro atoms. The van der Waals surface area contributed by atoms with Crippen molar-refractivity contribution in [2.24, 2.45) is 0 Å². The molecule has 1 heterocycles. The summed E-state index contributed by atoms with van der Waals surface area (Å²) in [5.41, 5.74) is -0.801. The smallest absolute Gasteiger partial charge is 0.335 e. The fourth-order valence-corrected chi connectivity index (χ4v) is 2.77. The van der Waals surface area contributed by atoms with E-state index >= 15 is 0 Å². The van der Waals surface area contributed by atoms with Gasteiger partial charge >= 0.3 is 11.9 Å². The molecule has 0 aromatic heterocycles. The lowest BCUT2D eigenvalue weighted by atomic mass is 9.71. The van der Waals surface area contributed by atoms with Crippen LogP contribution in [0.2, 0.25) is 0 Å². The highest BCUT2D eigenvalue weighted by molar-refractivity contribution is 6.03. The van der Waals surface area contributed by atoms with Crippen LogP contribution < -0.4 is 5.32 Å². The SMILES string of the molecule is CC1=CC(C(=O)O)(c2cccc(C#N)c2)C(C(=O)O)=C(C)N1. The number of carbonyl (C=O) groups is 2. The molecule has 2 rings (SSSR count). The van der Waals surface area contributed by atoms with E-state index in [1.807, 2.05) is 6.07 Å². The van der Waals surface area contributed by atoms with E-state index in [1.165, 1.54) is 31.2 Å². The molecule has 0 fully saturated rings. The standard InChI is InChI=1S/C16H14N2O4/c1-9-7-16(15(21)22,13(14(19)20)10(2)18-9)12-5-3-4-11(6-12)8-17/h3-7,18H,1-2H3,(H,19,20)(H,21,22). The highest BCUT2D eigenvalue weighted by Gasteiger charge is 2.48. The molecule has 0 saturated carbocycles. The van der Waals surface area contributed by atoms with Gasteiger partial charge in [-0.15, -0.1) is 0 Å². The van der Waals surface area contributed by atoms with Crippen molar-refractivity contribution in [1.82, 2.24) is 5.32 Å². The Bertz CT molecular complexity index is 771. The number of nitrogens with zero attached hydrogens (tertiary/aromatic N) is 1. The van der Waals surface area contributed by atoms with Gasteiger partial charge in [0.2, 0.25) is 0 Å². The summed E-state index contributed by atoms with van der Waals surface area (Å²) in [6.07, 6.45) is 1.36. The molecule has 1 unspecified atom stereocenters. The van der Waals surface area contributed by atoms with Gasteiger partial charge in [0.15, 0.2) is 0 Å². The Morgan fingerprint density at radius 2 is 1.95 bits per heavy atom.